The maximum absolute atomic E-state index is 11.4. The number of anilines is 1. The van der Waals surface area contributed by atoms with Crippen LogP contribution in [0, 0.1) is 0 Å². The van der Waals surface area contributed by atoms with E-state index in [0.717, 1.165) is 12.3 Å². The number of amides is 1. The lowest BCUT2D eigenvalue weighted by Crippen LogP contribution is -2.10. The van der Waals surface area contributed by atoms with Crippen LogP contribution in [0.3, 0.4) is 0 Å². The molecule has 0 saturated heterocycles. The lowest BCUT2D eigenvalue weighted by molar-refractivity contribution is -0.111. The van der Waals surface area contributed by atoms with E-state index in [9.17, 15) is 13.2 Å². The Bertz CT molecular complexity index is 588. The highest BCUT2D eigenvalue weighted by atomic mass is 32.2. The van der Waals surface area contributed by atoms with Crippen molar-refractivity contribution >= 4 is 21.4 Å². The second kappa shape index (κ2) is 5.64. The van der Waals surface area contributed by atoms with Crippen molar-refractivity contribution in [2.75, 3.05) is 11.6 Å². The molecule has 1 amide bonds. The molecular formula is C13H15NO3S. The van der Waals surface area contributed by atoms with E-state index in [0.29, 0.717) is 17.7 Å². The van der Waals surface area contributed by atoms with Crippen molar-refractivity contribution in [2.24, 2.45) is 0 Å². The SMILES string of the molecule is C=CCc1cc(S(C)(=O)=O)ccc1NC(=O)C=C. The van der Waals surface area contributed by atoms with E-state index < -0.39 is 9.84 Å². The summed E-state index contributed by atoms with van der Waals surface area (Å²) >= 11 is 0. The maximum atomic E-state index is 11.4. The van der Waals surface area contributed by atoms with Crippen LogP contribution in [0.4, 0.5) is 5.69 Å². The molecule has 0 aliphatic heterocycles. The maximum Gasteiger partial charge on any atom is 0.247 e. The van der Waals surface area contributed by atoms with E-state index in [4.69, 9.17) is 0 Å². The van der Waals surface area contributed by atoms with Gasteiger partial charge in [0.25, 0.3) is 0 Å². The number of allylic oxidation sites excluding steroid dienone is 1. The molecule has 0 fully saturated rings. The molecule has 4 nitrogen and oxygen atoms in total. The Kier molecular flexibility index (Phi) is 4.44. The van der Waals surface area contributed by atoms with Gasteiger partial charge in [0.2, 0.25) is 5.91 Å². The molecule has 0 spiro atoms. The summed E-state index contributed by atoms with van der Waals surface area (Å²) in [6, 6.07) is 4.56. The fourth-order valence-corrected chi connectivity index (χ4v) is 2.10. The number of benzene rings is 1. The first-order chi connectivity index (χ1) is 8.38. The van der Waals surface area contributed by atoms with Gasteiger partial charge in [0, 0.05) is 11.9 Å². The van der Waals surface area contributed by atoms with Crippen molar-refractivity contribution in [1.29, 1.82) is 0 Å². The average molecular weight is 265 g/mol. The Morgan fingerprint density at radius 3 is 2.56 bits per heavy atom. The Morgan fingerprint density at radius 1 is 1.39 bits per heavy atom. The molecule has 96 valence electrons. The lowest BCUT2D eigenvalue weighted by Gasteiger charge is -2.10. The molecule has 0 aliphatic rings. The number of carbonyl (C=O) groups excluding carboxylic acids is 1. The monoisotopic (exact) mass is 265 g/mol. The van der Waals surface area contributed by atoms with Crippen molar-refractivity contribution in [3.8, 4) is 0 Å². The molecule has 0 unspecified atom stereocenters. The summed E-state index contributed by atoms with van der Waals surface area (Å²) in [5.74, 6) is -0.340. The lowest BCUT2D eigenvalue weighted by atomic mass is 10.1. The fourth-order valence-electron chi connectivity index (χ4n) is 1.43. The summed E-state index contributed by atoms with van der Waals surface area (Å²) in [7, 11) is -3.26. The first kappa shape index (κ1) is 14.2. The Balaban J connectivity index is 3.24. The van der Waals surface area contributed by atoms with Crippen LogP contribution in [-0.2, 0) is 21.1 Å². The minimum Gasteiger partial charge on any atom is -0.322 e. The number of carbonyl (C=O) groups is 1. The predicted octanol–water partition coefficient (Wildman–Crippen LogP) is 1.94. The Labute approximate surface area is 107 Å². The number of sulfone groups is 1. The first-order valence-corrected chi connectivity index (χ1v) is 7.15. The largest absolute Gasteiger partial charge is 0.322 e. The van der Waals surface area contributed by atoms with Gasteiger partial charge in [-0.2, -0.15) is 0 Å². The highest BCUT2D eigenvalue weighted by Crippen LogP contribution is 2.21. The van der Waals surface area contributed by atoms with Crippen LogP contribution < -0.4 is 5.32 Å². The van der Waals surface area contributed by atoms with Crippen LogP contribution in [0.5, 0.6) is 0 Å². The van der Waals surface area contributed by atoms with Crippen molar-refractivity contribution < 1.29 is 13.2 Å². The summed E-state index contributed by atoms with van der Waals surface area (Å²) in [6.45, 7) is 6.97. The van der Waals surface area contributed by atoms with Crippen molar-refractivity contribution in [3.63, 3.8) is 0 Å². The van der Waals surface area contributed by atoms with Crippen LogP contribution in [0.1, 0.15) is 5.56 Å². The average Bonchev–Trinajstić information content (AvgIpc) is 2.30. The number of nitrogens with one attached hydrogen (secondary N) is 1. The summed E-state index contributed by atoms with van der Waals surface area (Å²) in [6.07, 6.45) is 4.41. The number of hydrogen-bond donors (Lipinski definition) is 1. The topological polar surface area (TPSA) is 63.2 Å². The van der Waals surface area contributed by atoms with Crippen molar-refractivity contribution in [1.82, 2.24) is 0 Å². The van der Waals surface area contributed by atoms with Crippen LogP contribution in [0.2, 0.25) is 0 Å². The van der Waals surface area contributed by atoms with Crippen LogP contribution >= 0.6 is 0 Å². The second-order valence-corrected chi connectivity index (χ2v) is 5.79. The molecular weight excluding hydrogens is 250 g/mol. The molecule has 1 aromatic rings. The van der Waals surface area contributed by atoms with Crippen LogP contribution in [-0.4, -0.2) is 20.6 Å². The zero-order valence-electron chi connectivity index (χ0n) is 10.1. The predicted molar refractivity (Wildman–Crippen MR) is 72.3 cm³/mol. The van der Waals surface area contributed by atoms with Gasteiger partial charge in [0.1, 0.15) is 0 Å². The molecule has 0 saturated carbocycles. The van der Waals surface area contributed by atoms with Gasteiger partial charge in [-0.25, -0.2) is 8.42 Å². The molecule has 0 aliphatic carbocycles. The molecule has 18 heavy (non-hydrogen) atoms. The van der Waals surface area contributed by atoms with Crippen LogP contribution in [0.15, 0.2) is 48.4 Å². The fraction of sp³-hybridized carbons (Fsp3) is 0.154. The normalized spacial score (nSPS) is 10.7. The third-order valence-electron chi connectivity index (χ3n) is 2.31. The molecule has 0 aromatic heterocycles. The molecule has 0 bridgehead atoms. The second-order valence-electron chi connectivity index (χ2n) is 3.78. The van der Waals surface area contributed by atoms with E-state index in [-0.39, 0.29) is 10.8 Å². The third-order valence-corrected chi connectivity index (χ3v) is 3.42. The summed E-state index contributed by atoms with van der Waals surface area (Å²) in [5, 5.41) is 2.62. The van der Waals surface area contributed by atoms with Crippen LogP contribution in [0.25, 0.3) is 0 Å². The highest BCUT2D eigenvalue weighted by molar-refractivity contribution is 7.90. The zero-order chi connectivity index (χ0) is 13.8. The summed E-state index contributed by atoms with van der Waals surface area (Å²) in [5.41, 5.74) is 1.26. The highest BCUT2D eigenvalue weighted by Gasteiger charge is 2.11. The molecule has 1 N–H and O–H groups in total. The van der Waals surface area contributed by atoms with Gasteiger partial charge in [-0.05, 0) is 36.3 Å². The number of hydrogen-bond acceptors (Lipinski definition) is 3. The minimum absolute atomic E-state index is 0.218. The van der Waals surface area contributed by atoms with E-state index in [1.165, 1.54) is 12.1 Å². The summed E-state index contributed by atoms with van der Waals surface area (Å²) in [4.78, 5) is 11.5. The molecule has 0 atom stereocenters. The standard InChI is InChI=1S/C13H15NO3S/c1-4-6-10-9-11(18(3,16)17)7-8-12(10)14-13(15)5-2/h4-5,7-9H,1-2,6H2,3H3,(H,14,15). The van der Waals surface area contributed by atoms with Gasteiger partial charge in [-0.15, -0.1) is 6.58 Å². The van der Waals surface area contributed by atoms with Gasteiger partial charge in [-0.3, -0.25) is 4.79 Å². The van der Waals surface area contributed by atoms with E-state index in [1.807, 2.05) is 0 Å². The van der Waals surface area contributed by atoms with Gasteiger partial charge < -0.3 is 5.32 Å². The quantitative estimate of drug-likeness (QED) is 0.653. The van der Waals surface area contributed by atoms with Gasteiger partial charge in [-0.1, -0.05) is 12.7 Å². The first-order valence-electron chi connectivity index (χ1n) is 5.25. The van der Waals surface area contributed by atoms with Gasteiger partial charge in [0.15, 0.2) is 9.84 Å². The van der Waals surface area contributed by atoms with Crippen molar-refractivity contribution in [2.45, 2.75) is 11.3 Å². The Hall–Kier alpha value is -1.88. The smallest absolute Gasteiger partial charge is 0.247 e. The molecule has 1 aromatic carbocycles. The Morgan fingerprint density at radius 2 is 2.06 bits per heavy atom. The minimum atomic E-state index is -3.26. The van der Waals surface area contributed by atoms with Crippen molar-refractivity contribution in [3.05, 3.63) is 49.1 Å². The molecule has 1 rings (SSSR count). The number of rotatable bonds is 5. The van der Waals surface area contributed by atoms with E-state index in [2.05, 4.69) is 18.5 Å². The third kappa shape index (κ3) is 3.56. The summed E-state index contributed by atoms with van der Waals surface area (Å²) < 4.78 is 22.9. The molecule has 0 heterocycles. The molecule has 5 heteroatoms. The zero-order valence-corrected chi connectivity index (χ0v) is 11.0. The van der Waals surface area contributed by atoms with Gasteiger partial charge in [0.05, 0.1) is 4.90 Å². The van der Waals surface area contributed by atoms with E-state index in [1.54, 1.807) is 12.1 Å². The molecule has 0 radical (unpaired) electrons. The van der Waals surface area contributed by atoms with Gasteiger partial charge >= 0.3 is 0 Å². The van der Waals surface area contributed by atoms with E-state index >= 15 is 0 Å².